The van der Waals surface area contributed by atoms with Crippen molar-refractivity contribution in [2.75, 3.05) is 0 Å². The molecular weight excluding hydrogens is 203 g/mol. The van der Waals surface area contributed by atoms with Crippen molar-refractivity contribution >= 4 is 65.0 Å². The van der Waals surface area contributed by atoms with Gasteiger partial charge in [-0.05, 0) is 0 Å². The maximum absolute atomic E-state index is 0. The molecule has 0 saturated carbocycles. The zero-order valence-electron chi connectivity index (χ0n) is 1.41. The molecule has 0 aromatic rings. The van der Waals surface area contributed by atoms with Gasteiger partial charge in [0.25, 0.3) is 0 Å². The molecule has 4 heteroatoms. The van der Waals surface area contributed by atoms with Crippen molar-refractivity contribution < 1.29 is 0 Å². The summed E-state index contributed by atoms with van der Waals surface area (Å²) >= 11 is 0. The first kappa shape index (κ1) is 35.2. The summed E-state index contributed by atoms with van der Waals surface area (Å²) in [4.78, 5) is 0. The summed E-state index contributed by atoms with van der Waals surface area (Å²) in [6.07, 6.45) is 0. The summed E-state index contributed by atoms with van der Waals surface area (Å²) in [5.74, 6) is 0. The van der Waals surface area contributed by atoms with Gasteiger partial charge in [0.15, 0.2) is 17.4 Å². The number of hydrogen-bond donors (Lipinski definition) is 0. The van der Waals surface area contributed by atoms with Gasteiger partial charge in [-0.15, -0.1) is 0 Å². The van der Waals surface area contributed by atoms with Crippen molar-refractivity contribution in [2.24, 2.45) is 0 Å². The second-order valence-electron chi connectivity index (χ2n) is 0. The van der Waals surface area contributed by atoms with Crippen LogP contribution in [0.4, 0.5) is 0 Å². The van der Waals surface area contributed by atoms with E-state index in [4.69, 9.17) is 0 Å². The third-order valence-electron chi connectivity index (χ3n) is 0. The van der Waals surface area contributed by atoms with Crippen LogP contribution in [0.2, 0.25) is 0 Å². The van der Waals surface area contributed by atoms with Gasteiger partial charge in [-0.2, -0.15) is 9.90 Å². The third kappa shape index (κ3) is 8.90. The van der Waals surface area contributed by atoms with Gasteiger partial charge in [0, 0.05) is 0 Å². The van der Waals surface area contributed by atoms with Gasteiger partial charge < -0.3 is 0 Å². The molecule has 0 aliphatic carbocycles. The van der Waals surface area contributed by atoms with Crippen LogP contribution in [0.5, 0.6) is 0 Å². The van der Waals surface area contributed by atoms with Crippen LogP contribution in [0.15, 0.2) is 0 Å². The standard InChI is InChI=1S/Al.AsH3.Ga.H3P.6H/h;1H3;;1H3;;;;;;. The number of hydrogen-bond acceptors (Lipinski definition) is 0. The summed E-state index contributed by atoms with van der Waals surface area (Å²) in [5, 5.41) is 0. The normalized spacial score (nSPS) is 0. The van der Waals surface area contributed by atoms with Gasteiger partial charge in [0.1, 0.15) is 0 Å². The van der Waals surface area contributed by atoms with E-state index in [-0.39, 0.29) is 65.0 Å². The second kappa shape index (κ2) is 19.2. The second-order valence-corrected chi connectivity index (χ2v) is 0. The van der Waals surface area contributed by atoms with Crippen LogP contribution < -0.4 is 0 Å². The molecule has 28 valence electrons. The van der Waals surface area contributed by atoms with Crippen LogP contribution in [0, 0.1) is 0 Å². The number of rotatable bonds is 0. The maximum atomic E-state index is 0. The molecule has 0 spiro atoms. The van der Waals surface area contributed by atoms with Crippen molar-refractivity contribution in [3.63, 3.8) is 0 Å². The van der Waals surface area contributed by atoms with Gasteiger partial charge in [-0.25, -0.2) is 0 Å². The van der Waals surface area contributed by atoms with Gasteiger partial charge in [0.2, 0.25) is 0 Å². The topological polar surface area (TPSA) is 0 Å². The average molecular weight is 215 g/mol. The van der Waals surface area contributed by atoms with Crippen LogP contribution in [-0.4, -0.2) is 55.1 Å². The van der Waals surface area contributed by atoms with E-state index in [9.17, 15) is 0 Å². The summed E-state index contributed by atoms with van der Waals surface area (Å²) in [7, 11) is 0. The van der Waals surface area contributed by atoms with Gasteiger partial charge in [-0.3, -0.25) is 0 Å². The fraction of sp³-hybridized carbons (Fsp3) is 0. The Balaban J connectivity index is 0. The van der Waals surface area contributed by atoms with Crippen LogP contribution in [0.1, 0.15) is 0 Å². The van der Waals surface area contributed by atoms with Crippen molar-refractivity contribution in [3.8, 4) is 0 Å². The Morgan fingerprint density at radius 3 is 1.00 bits per heavy atom. The van der Waals surface area contributed by atoms with Crippen LogP contribution >= 0.6 is 9.90 Å². The molecule has 0 aliphatic heterocycles. The SMILES string of the molecule is P.[AlH3].[AsH3].[GaH3]. The van der Waals surface area contributed by atoms with E-state index in [1.165, 1.54) is 0 Å². The Labute approximate surface area is 64.6 Å². The first-order valence-electron chi connectivity index (χ1n) is 0. The predicted molar refractivity (Wildman–Crippen MR) is 40.9 cm³/mol. The molecule has 0 saturated heterocycles. The van der Waals surface area contributed by atoms with Gasteiger partial charge in [-0.1, -0.05) is 0 Å². The fourth-order valence-corrected chi connectivity index (χ4v) is 0. The Hall–Kier alpha value is 2.16. The molecule has 0 fully saturated rings. The van der Waals surface area contributed by atoms with Gasteiger partial charge in [0.05, 0.1) is 0 Å². The summed E-state index contributed by atoms with van der Waals surface area (Å²) < 4.78 is 0. The van der Waals surface area contributed by atoms with E-state index in [0.717, 1.165) is 0 Å². The monoisotopic (exact) mass is 214 g/mol. The molecule has 0 rings (SSSR count). The van der Waals surface area contributed by atoms with Crippen LogP contribution in [-0.2, 0) is 0 Å². The van der Waals surface area contributed by atoms with Crippen LogP contribution in [0.3, 0.4) is 0 Å². The molecule has 2 atom stereocenters. The molecule has 0 aromatic heterocycles. The molecule has 0 N–H and O–H groups in total. The van der Waals surface area contributed by atoms with E-state index >= 15 is 0 Å². The van der Waals surface area contributed by atoms with Crippen molar-refractivity contribution in [3.05, 3.63) is 0 Å². The van der Waals surface area contributed by atoms with E-state index < -0.39 is 0 Å². The Morgan fingerprint density at radius 2 is 1.00 bits per heavy atom. The van der Waals surface area contributed by atoms with E-state index in [0.29, 0.717) is 0 Å². The van der Waals surface area contributed by atoms with Crippen molar-refractivity contribution in [1.82, 2.24) is 0 Å². The molecule has 0 heterocycles. The molecule has 2 unspecified atom stereocenters. The minimum atomic E-state index is 0. The first-order valence-corrected chi connectivity index (χ1v) is 0. The Morgan fingerprint density at radius 1 is 1.00 bits per heavy atom. The van der Waals surface area contributed by atoms with Crippen molar-refractivity contribution in [2.45, 2.75) is 0 Å². The first-order chi connectivity index (χ1) is 0. The summed E-state index contributed by atoms with van der Waals surface area (Å²) in [5.41, 5.74) is 0. The molecule has 0 nitrogen and oxygen atoms in total. The molecule has 0 amide bonds. The minimum absolute atomic E-state index is 0. The molecule has 0 bridgehead atoms. The quantitative estimate of drug-likeness (QED) is 0.290. The van der Waals surface area contributed by atoms with Crippen LogP contribution in [0.25, 0.3) is 0 Å². The summed E-state index contributed by atoms with van der Waals surface area (Å²) in [6, 6.07) is 0. The molecular formula is H12AlAsGaP. The zero-order chi connectivity index (χ0) is 0. The molecule has 0 aromatic carbocycles. The van der Waals surface area contributed by atoms with Gasteiger partial charge >= 0.3 is 37.7 Å². The molecule has 0 aliphatic rings. The predicted octanol–water partition coefficient (Wildman–Crippen LogP) is -3.49. The summed E-state index contributed by atoms with van der Waals surface area (Å²) in [6.45, 7) is 0. The van der Waals surface area contributed by atoms with E-state index in [1.807, 2.05) is 0 Å². The molecule has 4 heavy (non-hydrogen) atoms. The fourth-order valence-electron chi connectivity index (χ4n) is 0. The Bertz CT molecular complexity index is 8.00. The average Bonchev–Trinajstić information content (AvgIpc) is 0. The Kier molecular flexibility index (Phi) is 168. The third-order valence-corrected chi connectivity index (χ3v) is 0. The van der Waals surface area contributed by atoms with E-state index in [2.05, 4.69) is 0 Å². The van der Waals surface area contributed by atoms with Crippen molar-refractivity contribution in [1.29, 1.82) is 0 Å². The molecule has 0 radical (unpaired) electrons. The van der Waals surface area contributed by atoms with E-state index in [1.54, 1.807) is 0 Å². The zero-order valence-corrected chi connectivity index (χ0v) is 5.80.